The van der Waals surface area contributed by atoms with Gasteiger partial charge in [0, 0.05) is 18.3 Å². The minimum absolute atomic E-state index is 0.107. The summed E-state index contributed by atoms with van der Waals surface area (Å²) < 4.78 is 0. The lowest BCUT2D eigenvalue weighted by atomic mass is 10.0. The third-order valence-corrected chi connectivity index (χ3v) is 2.08. The summed E-state index contributed by atoms with van der Waals surface area (Å²) in [6.07, 6.45) is 4.12. The molecule has 1 heterocycles. The normalized spacial score (nSPS) is 12.8. The molecule has 0 aliphatic rings. The summed E-state index contributed by atoms with van der Waals surface area (Å²) in [5.74, 6) is 0.324. The Morgan fingerprint density at radius 2 is 2.40 bits per heavy atom. The second-order valence-corrected chi connectivity index (χ2v) is 4.06. The first-order valence-corrected chi connectivity index (χ1v) is 5.10. The first kappa shape index (κ1) is 11.7. The maximum Gasteiger partial charge on any atom is 0.237 e. The van der Waals surface area contributed by atoms with Crippen molar-refractivity contribution in [3.63, 3.8) is 0 Å². The minimum Gasteiger partial charge on any atom is -0.351 e. The number of nitrogens with zero attached hydrogens (tertiary/aromatic N) is 1. The number of carbonyl (C=O) groups excluding carboxylic acids is 1. The number of nitrogens with two attached hydrogens (primary N) is 1. The van der Waals surface area contributed by atoms with E-state index in [9.17, 15) is 4.79 Å². The third-order valence-electron chi connectivity index (χ3n) is 2.08. The van der Waals surface area contributed by atoms with Gasteiger partial charge in [-0.05, 0) is 12.3 Å². The van der Waals surface area contributed by atoms with Crippen LogP contribution >= 0.6 is 0 Å². The first-order valence-electron chi connectivity index (χ1n) is 5.10. The van der Waals surface area contributed by atoms with E-state index < -0.39 is 6.04 Å². The fourth-order valence-electron chi connectivity index (χ4n) is 1.31. The Kier molecular flexibility index (Phi) is 4.30. The van der Waals surface area contributed by atoms with Crippen molar-refractivity contribution in [2.75, 3.05) is 0 Å². The van der Waals surface area contributed by atoms with Gasteiger partial charge in [0.05, 0.1) is 12.2 Å². The molecule has 5 nitrogen and oxygen atoms in total. The molecule has 15 heavy (non-hydrogen) atoms. The second kappa shape index (κ2) is 5.50. The van der Waals surface area contributed by atoms with Crippen molar-refractivity contribution < 1.29 is 4.79 Å². The van der Waals surface area contributed by atoms with Gasteiger partial charge in [-0.15, -0.1) is 0 Å². The second-order valence-electron chi connectivity index (χ2n) is 4.06. The number of hydrogen-bond acceptors (Lipinski definition) is 3. The fraction of sp³-hybridized carbons (Fsp3) is 0.600. The van der Waals surface area contributed by atoms with Crippen molar-refractivity contribution in [2.45, 2.75) is 32.9 Å². The Labute approximate surface area is 89.4 Å². The van der Waals surface area contributed by atoms with Crippen LogP contribution in [-0.2, 0) is 11.3 Å². The van der Waals surface area contributed by atoms with Crippen LogP contribution in [0.25, 0.3) is 0 Å². The molecule has 1 atom stereocenters. The molecule has 0 saturated carbocycles. The molecule has 1 unspecified atom stereocenters. The SMILES string of the molecule is CC(C)CC(N)C(=O)NCc1cn[nH]c1. The van der Waals surface area contributed by atoms with Gasteiger partial charge in [-0.3, -0.25) is 9.89 Å². The number of amides is 1. The van der Waals surface area contributed by atoms with E-state index >= 15 is 0 Å². The number of aromatic amines is 1. The molecule has 0 aliphatic carbocycles. The van der Waals surface area contributed by atoms with E-state index in [4.69, 9.17) is 5.73 Å². The highest BCUT2D eigenvalue weighted by Gasteiger charge is 2.14. The number of carbonyl (C=O) groups is 1. The van der Waals surface area contributed by atoms with Gasteiger partial charge in [-0.2, -0.15) is 5.10 Å². The maximum absolute atomic E-state index is 11.5. The molecule has 0 saturated heterocycles. The molecule has 1 rings (SSSR count). The van der Waals surface area contributed by atoms with Gasteiger partial charge >= 0.3 is 0 Å². The van der Waals surface area contributed by atoms with E-state index in [-0.39, 0.29) is 5.91 Å². The number of aromatic nitrogens is 2. The van der Waals surface area contributed by atoms with Gasteiger partial charge < -0.3 is 11.1 Å². The third kappa shape index (κ3) is 4.12. The lowest BCUT2D eigenvalue weighted by Gasteiger charge is -2.13. The van der Waals surface area contributed by atoms with E-state index in [1.165, 1.54) is 0 Å². The molecular formula is C10H18N4O. The lowest BCUT2D eigenvalue weighted by Crippen LogP contribution is -2.40. The van der Waals surface area contributed by atoms with E-state index in [0.717, 1.165) is 5.56 Å². The molecule has 0 fully saturated rings. The number of rotatable bonds is 5. The molecule has 0 bridgehead atoms. The van der Waals surface area contributed by atoms with E-state index in [1.54, 1.807) is 12.4 Å². The Hall–Kier alpha value is -1.36. The predicted octanol–water partition coefficient (Wildman–Crippen LogP) is 0.399. The quantitative estimate of drug-likeness (QED) is 0.657. The molecule has 1 amide bonds. The van der Waals surface area contributed by atoms with Crippen LogP contribution in [0.5, 0.6) is 0 Å². The van der Waals surface area contributed by atoms with Crippen LogP contribution in [0.15, 0.2) is 12.4 Å². The highest BCUT2D eigenvalue weighted by Crippen LogP contribution is 2.02. The van der Waals surface area contributed by atoms with Crippen molar-refractivity contribution in [1.29, 1.82) is 0 Å². The summed E-state index contributed by atoms with van der Waals surface area (Å²) in [6.45, 7) is 4.56. The highest BCUT2D eigenvalue weighted by atomic mass is 16.2. The number of hydrogen-bond donors (Lipinski definition) is 3. The van der Waals surface area contributed by atoms with Crippen molar-refractivity contribution in [3.05, 3.63) is 18.0 Å². The molecule has 0 spiro atoms. The Balaban J connectivity index is 2.29. The average Bonchev–Trinajstić information content (AvgIpc) is 2.65. The van der Waals surface area contributed by atoms with Crippen LogP contribution in [0.2, 0.25) is 0 Å². The first-order chi connectivity index (χ1) is 7.09. The lowest BCUT2D eigenvalue weighted by molar-refractivity contribution is -0.122. The van der Waals surface area contributed by atoms with Gasteiger partial charge in [0.1, 0.15) is 0 Å². The summed E-state index contributed by atoms with van der Waals surface area (Å²) in [5.41, 5.74) is 6.67. The van der Waals surface area contributed by atoms with E-state index in [0.29, 0.717) is 18.9 Å². The largest absolute Gasteiger partial charge is 0.351 e. The predicted molar refractivity (Wildman–Crippen MR) is 57.9 cm³/mol. The van der Waals surface area contributed by atoms with Crippen molar-refractivity contribution in [3.8, 4) is 0 Å². The average molecular weight is 210 g/mol. The zero-order chi connectivity index (χ0) is 11.3. The molecule has 1 aromatic rings. The molecule has 5 heteroatoms. The standard InChI is InChI=1S/C10H18N4O/c1-7(2)3-9(11)10(15)12-4-8-5-13-14-6-8/h5-7,9H,3-4,11H2,1-2H3,(H,12,15)(H,13,14). The fourth-order valence-corrected chi connectivity index (χ4v) is 1.31. The Bertz CT molecular complexity index is 294. The monoisotopic (exact) mass is 210 g/mol. The molecule has 0 radical (unpaired) electrons. The minimum atomic E-state index is -0.420. The number of H-pyrrole nitrogens is 1. The van der Waals surface area contributed by atoms with Gasteiger partial charge in [0.2, 0.25) is 5.91 Å². The molecule has 1 aromatic heterocycles. The molecule has 4 N–H and O–H groups in total. The summed E-state index contributed by atoms with van der Waals surface area (Å²) in [5, 5.41) is 9.23. The summed E-state index contributed by atoms with van der Waals surface area (Å²) in [7, 11) is 0. The van der Waals surface area contributed by atoms with E-state index in [2.05, 4.69) is 15.5 Å². The van der Waals surface area contributed by atoms with Crippen LogP contribution in [0, 0.1) is 5.92 Å². The van der Waals surface area contributed by atoms with Gasteiger partial charge in [-0.25, -0.2) is 0 Å². The van der Waals surface area contributed by atoms with Crippen LogP contribution in [0.1, 0.15) is 25.8 Å². The highest BCUT2D eigenvalue weighted by molar-refractivity contribution is 5.81. The zero-order valence-corrected chi connectivity index (χ0v) is 9.16. The maximum atomic E-state index is 11.5. The van der Waals surface area contributed by atoms with Crippen LogP contribution in [0.4, 0.5) is 0 Å². The zero-order valence-electron chi connectivity index (χ0n) is 9.16. The van der Waals surface area contributed by atoms with Crippen molar-refractivity contribution in [1.82, 2.24) is 15.5 Å². The van der Waals surface area contributed by atoms with Gasteiger partial charge in [0.25, 0.3) is 0 Å². The molecule has 0 aromatic carbocycles. The van der Waals surface area contributed by atoms with Gasteiger partial charge in [-0.1, -0.05) is 13.8 Å². The van der Waals surface area contributed by atoms with E-state index in [1.807, 2.05) is 13.8 Å². The Morgan fingerprint density at radius 1 is 1.67 bits per heavy atom. The van der Waals surface area contributed by atoms with Gasteiger partial charge in [0.15, 0.2) is 0 Å². The molecule has 84 valence electrons. The summed E-state index contributed by atoms with van der Waals surface area (Å²) in [6, 6.07) is -0.420. The van der Waals surface area contributed by atoms with Crippen LogP contribution in [-0.4, -0.2) is 22.1 Å². The topological polar surface area (TPSA) is 83.8 Å². The summed E-state index contributed by atoms with van der Waals surface area (Å²) in [4.78, 5) is 11.5. The van der Waals surface area contributed by atoms with Crippen molar-refractivity contribution in [2.24, 2.45) is 11.7 Å². The molecular weight excluding hydrogens is 192 g/mol. The smallest absolute Gasteiger partial charge is 0.237 e. The van der Waals surface area contributed by atoms with Crippen LogP contribution < -0.4 is 11.1 Å². The molecule has 0 aliphatic heterocycles. The van der Waals surface area contributed by atoms with Crippen molar-refractivity contribution >= 4 is 5.91 Å². The van der Waals surface area contributed by atoms with Crippen LogP contribution in [0.3, 0.4) is 0 Å². The summed E-state index contributed by atoms with van der Waals surface area (Å²) >= 11 is 0. The Morgan fingerprint density at radius 3 is 2.93 bits per heavy atom. The number of nitrogens with one attached hydrogen (secondary N) is 2.